The van der Waals surface area contributed by atoms with Gasteiger partial charge in [-0.05, 0) is 182 Å². The molecule has 0 unspecified atom stereocenters. The molecule has 0 saturated heterocycles. The normalized spacial score (nSPS) is 10.8. The first-order valence-electron chi connectivity index (χ1n) is 45.6. The average Bonchev–Trinajstić information content (AvgIpc) is 1.63. The van der Waals surface area contributed by atoms with Crippen molar-refractivity contribution < 1.29 is 110 Å². The number of carbonyl (C=O) groups is 1. The van der Waals surface area contributed by atoms with E-state index in [9.17, 15) is 4.79 Å². The third-order valence-electron chi connectivity index (χ3n) is 23.8. The summed E-state index contributed by atoms with van der Waals surface area (Å²) in [6, 6.07) is 134. The third-order valence-corrected chi connectivity index (χ3v) is 23.8. The van der Waals surface area contributed by atoms with Crippen molar-refractivity contribution in [1.29, 1.82) is 0 Å². The van der Waals surface area contributed by atoms with Crippen LogP contribution in [0.25, 0.3) is 172 Å². The van der Waals surface area contributed by atoms with E-state index < -0.39 is 0 Å². The molecule has 141 heavy (non-hydrogen) atoms. The van der Waals surface area contributed by atoms with Crippen molar-refractivity contribution in [1.82, 2.24) is 48.1 Å². The molecular weight excluding hydrogens is 2620 g/mol. The number of aliphatic hydroxyl groups is 1. The number of carbonyl (C=O) groups excluding carboxylic acids is 1. The second kappa shape index (κ2) is 49.1. The molecule has 0 bridgehead atoms. The van der Waals surface area contributed by atoms with Gasteiger partial charge in [0, 0.05) is 189 Å². The van der Waals surface area contributed by atoms with Crippen molar-refractivity contribution in [3.63, 3.8) is 0 Å². The summed E-state index contributed by atoms with van der Waals surface area (Å²) < 4.78 is 6.90. The molecule has 0 atom stereocenters. The number of benzene rings is 14. The molecule has 0 spiro atoms. The van der Waals surface area contributed by atoms with E-state index in [1.807, 2.05) is 182 Å². The Morgan fingerprint density at radius 1 is 0.319 bits per heavy atom. The fraction of sp³-hybridized carbons (Fsp3) is 0.113. The van der Waals surface area contributed by atoms with Gasteiger partial charge < -0.3 is 33.3 Å². The van der Waals surface area contributed by atoms with E-state index in [4.69, 9.17) is 20.1 Å². The van der Waals surface area contributed by atoms with Crippen LogP contribution in [-0.4, -0.2) is 59.0 Å². The van der Waals surface area contributed by atoms with Gasteiger partial charge in [-0.2, -0.15) is 0 Å². The Balaban J connectivity index is 0.000000151. The van der Waals surface area contributed by atoms with Crippen molar-refractivity contribution in [2.75, 3.05) is 0 Å². The summed E-state index contributed by atoms with van der Waals surface area (Å²) >= 11 is 0. The molecular formula is C124H102Ir5N10O2-6. The summed E-state index contributed by atoms with van der Waals surface area (Å²) in [6.45, 7) is 24.9. The molecule has 9 aromatic heterocycles. The van der Waals surface area contributed by atoms with Crippen LogP contribution < -0.4 is 0 Å². The monoisotopic (exact) mass is 2730 g/mol. The molecule has 14 aromatic carbocycles. The zero-order valence-electron chi connectivity index (χ0n) is 80.1. The SMILES string of the molecule is CC(=O)C=C(C)O.Cc1ccc2c(c1)c1ccc[c-]c1c1ncc(-c3c(C)cccc3C)n21.Cc1cccc(C)c1-c1cnc2c3[c-]cccc3c3cc(CC(C)(C)C)ccc3n12.Cc1cccc(C)c1-c1cnc2c3[c-]cccc3c3ccccc3n12.[Ir].[Ir].[Ir].[Ir].[Ir].[c-]1ccc(-c2ccccc2)cc1-c1ccccn1.[c-]1ccccc1-c1ccccn1.[c-]1ccccc1-c1nccnc1-c1ccccc1. The minimum Gasteiger partial charge on any atom is -0.512 e. The quantitative estimate of drug-likeness (QED) is 0.0613. The van der Waals surface area contributed by atoms with Gasteiger partial charge >= 0.3 is 0 Å². The van der Waals surface area contributed by atoms with Gasteiger partial charge in [0.1, 0.15) is 0 Å². The number of hydrogen-bond donors (Lipinski definition) is 1. The van der Waals surface area contributed by atoms with Crippen molar-refractivity contribution >= 4 is 87.8 Å². The van der Waals surface area contributed by atoms with Crippen LogP contribution in [0.3, 0.4) is 0 Å². The summed E-state index contributed by atoms with van der Waals surface area (Å²) in [5.74, 6) is -0.0625. The summed E-state index contributed by atoms with van der Waals surface area (Å²) in [4.78, 5) is 41.9. The average molecular weight is 2730 g/mol. The van der Waals surface area contributed by atoms with E-state index >= 15 is 0 Å². The first-order chi connectivity index (χ1) is 66.2. The summed E-state index contributed by atoms with van der Waals surface area (Å²) in [7, 11) is 0. The molecule has 0 aliphatic carbocycles. The smallest absolute Gasteiger partial charge is 0.155 e. The Labute approximate surface area is 892 Å². The molecule has 0 aliphatic heterocycles. The maximum Gasteiger partial charge on any atom is 0.155 e. The molecule has 12 nitrogen and oxygen atoms in total. The number of para-hydroxylation sites is 1. The second-order valence-electron chi connectivity index (χ2n) is 35.1. The van der Waals surface area contributed by atoms with Gasteiger partial charge in [-0.15, -0.1) is 196 Å². The van der Waals surface area contributed by atoms with Gasteiger partial charge in [0.2, 0.25) is 0 Å². The van der Waals surface area contributed by atoms with Gasteiger partial charge in [-0.3, -0.25) is 24.7 Å². The molecule has 17 heteroatoms. The fourth-order valence-corrected chi connectivity index (χ4v) is 17.9. The third kappa shape index (κ3) is 24.4. The van der Waals surface area contributed by atoms with E-state index in [1.165, 1.54) is 141 Å². The fourth-order valence-electron chi connectivity index (χ4n) is 17.9. The summed E-state index contributed by atoms with van der Waals surface area (Å²) in [5.41, 5.74) is 34.3. The van der Waals surface area contributed by atoms with Crippen molar-refractivity contribution in [3.05, 3.63) is 470 Å². The first-order valence-corrected chi connectivity index (χ1v) is 45.6. The molecule has 23 rings (SSSR count). The predicted octanol–water partition coefficient (Wildman–Crippen LogP) is 30.5. The number of ketones is 1. The van der Waals surface area contributed by atoms with E-state index in [2.05, 4.69) is 309 Å². The minimum absolute atomic E-state index is 0. The molecule has 0 aliphatic rings. The largest absolute Gasteiger partial charge is 0.512 e. The minimum atomic E-state index is -0.125. The van der Waals surface area contributed by atoms with Gasteiger partial charge in [-0.25, -0.2) is 0 Å². The molecule has 0 fully saturated rings. The van der Waals surface area contributed by atoms with Crippen LogP contribution in [0.2, 0.25) is 0 Å². The Morgan fingerprint density at radius 2 is 0.709 bits per heavy atom. The number of aliphatic hydroxyl groups excluding tert-OH is 1. The zero-order chi connectivity index (χ0) is 94.4. The van der Waals surface area contributed by atoms with Crippen LogP contribution in [0.5, 0.6) is 0 Å². The molecule has 23 aromatic rings. The van der Waals surface area contributed by atoms with E-state index in [1.54, 1.807) is 24.8 Å². The standard InChI is InChI=1S/C28H27N2.C24H19N2.C23H17N2.C17H12N.C16H11N2.C11H8N.C5H8O2.5Ir/c1-18-9-8-10-19(2)26(18)25-17-29-27-22-12-7-6-11-21(22)23-15-20(16-28(3,4)5)13-14-24(23)30(25)27;1-15-11-12-21-20(13-15)18-9-4-5-10-19(18)24-25-14-22(26(21)24)23-16(2)7-6-8-17(23)3;1-15-8-7-9-16(2)22(15)21-14-24-23-19-12-4-3-10-17(19)18-11-5-6-13-20(18)25(21)23;1-2-7-14(8-3-1)15-9-6-10-16(13-15)17-11-4-5-12-18-17;1-3-7-13(8-4-1)15-16(18-12-11-17-15)14-9-5-2-6-10-14;1-2-6-10(7-3-1)11-8-4-5-9-12-11;1-4(6)3-5(2)7;;;;;/h6-11,13-15,17H,16H2,1-5H3;4-9,11-14H,1-3H3;3-11,13-14H,1-2H3;1-9,11-13H;1-9,11-12H;1-6,8-9H;3,6H,1-2H3;;;;;/q6*-1;;;;;;. The summed E-state index contributed by atoms with van der Waals surface area (Å²) in [6.07, 6.45) is 15.3. The van der Waals surface area contributed by atoms with Crippen LogP contribution in [-0.2, 0) is 112 Å². The van der Waals surface area contributed by atoms with Crippen molar-refractivity contribution in [3.8, 4) is 89.9 Å². The number of imidazole rings is 3. The Morgan fingerprint density at radius 3 is 1.15 bits per heavy atom. The number of hydrogen-bond acceptors (Lipinski definition) is 9. The van der Waals surface area contributed by atoms with Gasteiger partial charge in [0.05, 0.1) is 45.5 Å². The van der Waals surface area contributed by atoms with Crippen LogP contribution in [0.1, 0.15) is 79.1 Å². The Kier molecular flexibility index (Phi) is 37.1. The molecule has 0 amide bonds. The summed E-state index contributed by atoms with van der Waals surface area (Å²) in [5, 5.41) is 18.9. The Hall–Kier alpha value is -13.5. The topological polar surface area (TPSA) is 141 Å². The predicted molar refractivity (Wildman–Crippen MR) is 561 cm³/mol. The molecule has 9 heterocycles. The van der Waals surface area contributed by atoms with Crippen LogP contribution in [0, 0.1) is 90.3 Å². The number of rotatable bonds is 10. The first kappa shape index (κ1) is 106. The van der Waals surface area contributed by atoms with E-state index in [0.29, 0.717) is 0 Å². The number of allylic oxidation sites excluding steroid dienone is 2. The molecule has 711 valence electrons. The van der Waals surface area contributed by atoms with Crippen molar-refractivity contribution in [2.24, 2.45) is 5.41 Å². The van der Waals surface area contributed by atoms with Crippen molar-refractivity contribution in [2.45, 2.75) is 89.5 Å². The van der Waals surface area contributed by atoms with Gasteiger partial charge in [0.25, 0.3) is 0 Å². The van der Waals surface area contributed by atoms with Crippen LogP contribution in [0.15, 0.2) is 389 Å². The second-order valence-corrected chi connectivity index (χ2v) is 35.1. The molecule has 1 N–H and O–H groups in total. The van der Waals surface area contributed by atoms with E-state index in [-0.39, 0.29) is 117 Å². The number of pyridine rings is 5. The van der Waals surface area contributed by atoms with Crippen LogP contribution in [0.4, 0.5) is 0 Å². The maximum atomic E-state index is 10.0. The van der Waals surface area contributed by atoms with E-state index in [0.717, 1.165) is 102 Å². The Bertz CT molecular complexity index is 8040. The van der Waals surface area contributed by atoms with Gasteiger partial charge in [0.15, 0.2) is 5.78 Å². The number of aryl methyl sites for hydroxylation is 7. The number of nitrogens with zero attached hydrogens (tertiary/aromatic N) is 10. The number of fused-ring (bicyclic) bond motifs is 18. The molecule has 0 saturated carbocycles. The number of aromatic nitrogens is 10. The molecule has 5 radical (unpaired) electrons. The zero-order valence-corrected chi connectivity index (χ0v) is 92.1. The maximum absolute atomic E-state index is 10.0. The van der Waals surface area contributed by atoms with Crippen LogP contribution >= 0.6 is 0 Å². The van der Waals surface area contributed by atoms with Gasteiger partial charge in [-0.1, -0.05) is 224 Å².